The first-order valence-electron chi connectivity index (χ1n) is 6.73. The molecule has 2 aromatic heterocycles. The maximum atomic E-state index is 14.5. The normalized spacial score (nSPS) is 21.2. The fraction of sp³-hybridized carbons (Fsp3) is 0.333. The second kappa shape index (κ2) is 5.65. The summed E-state index contributed by atoms with van der Waals surface area (Å²) in [6.45, 7) is 2.71. The van der Waals surface area contributed by atoms with Crippen LogP contribution in [-0.2, 0) is 0 Å². The highest BCUT2D eigenvalue weighted by molar-refractivity contribution is 7.16. The van der Waals surface area contributed by atoms with Gasteiger partial charge in [-0.2, -0.15) is 26.3 Å². The van der Waals surface area contributed by atoms with Crippen molar-refractivity contribution in [2.24, 2.45) is 0 Å². The van der Waals surface area contributed by atoms with Crippen molar-refractivity contribution in [3.05, 3.63) is 41.7 Å². The molecule has 0 aliphatic heterocycles. The lowest BCUT2D eigenvalue weighted by Crippen LogP contribution is -2.48. The molecule has 0 fully saturated rings. The van der Waals surface area contributed by atoms with Gasteiger partial charge >= 0.3 is 17.8 Å². The molecule has 0 saturated carbocycles. The minimum atomic E-state index is -5.58. The Kier molecular flexibility index (Phi) is 4.31. The maximum absolute atomic E-state index is 14.5. The molecular weight excluding hydrogens is 429 g/mol. The molecule has 1 aliphatic carbocycles. The summed E-state index contributed by atoms with van der Waals surface area (Å²) in [7, 11) is 0. The SMILES string of the molecule is Cc1sc(Cl)cc1C1=C(c2cc(Cl)sc2C)C(F)(F)C(F)(F)C1(F)F. The Morgan fingerprint density at radius 3 is 1.28 bits per heavy atom. The summed E-state index contributed by atoms with van der Waals surface area (Å²) >= 11 is 13.2. The van der Waals surface area contributed by atoms with Crippen molar-refractivity contribution in [1.29, 1.82) is 0 Å². The van der Waals surface area contributed by atoms with E-state index in [9.17, 15) is 26.3 Å². The summed E-state index contributed by atoms with van der Waals surface area (Å²) in [5.74, 6) is -15.7. The van der Waals surface area contributed by atoms with Crippen LogP contribution in [0.25, 0.3) is 11.1 Å². The molecule has 0 radical (unpaired) electrons. The van der Waals surface area contributed by atoms with Crippen molar-refractivity contribution >= 4 is 57.0 Å². The average molecular weight is 437 g/mol. The molecule has 2 heterocycles. The fourth-order valence-corrected chi connectivity index (χ4v) is 5.21. The number of alkyl halides is 6. The molecular formula is C15H8Cl2F6S2. The summed E-state index contributed by atoms with van der Waals surface area (Å²) in [5.41, 5.74) is -3.62. The van der Waals surface area contributed by atoms with Gasteiger partial charge in [-0.1, -0.05) is 23.2 Å². The molecule has 3 rings (SSSR count). The number of rotatable bonds is 2. The Morgan fingerprint density at radius 1 is 0.720 bits per heavy atom. The van der Waals surface area contributed by atoms with Crippen LogP contribution in [0.2, 0.25) is 8.67 Å². The third kappa shape index (κ3) is 2.48. The second-order valence-corrected chi connectivity index (χ2v) is 9.29. The Morgan fingerprint density at radius 2 is 1.04 bits per heavy atom. The molecule has 0 spiro atoms. The summed E-state index contributed by atoms with van der Waals surface area (Å²) < 4.78 is 86.1. The summed E-state index contributed by atoms with van der Waals surface area (Å²) in [6, 6.07) is 2.01. The van der Waals surface area contributed by atoms with E-state index in [1.54, 1.807) is 0 Å². The zero-order chi connectivity index (χ0) is 18.9. The Bertz CT molecular complexity index is 824. The van der Waals surface area contributed by atoms with Crippen LogP contribution < -0.4 is 0 Å². The van der Waals surface area contributed by atoms with Gasteiger partial charge in [-0.15, -0.1) is 22.7 Å². The zero-order valence-electron chi connectivity index (χ0n) is 12.5. The molecule has 0 aromatic carbocycles. The Hall–Kier alpha value is -0.700. The van der Waals surface area contributed by atoms with E-state index in [1.165, 1.54) is 13.8 Å². The maximum Gasteiger partial charge on any atom is 0.380 e. The van der Waals surface area contributed by atoms with E-state index in [2.05, 4.69) is 0 Å². The van der Waals surface area contributed by atoms with Crippen molar-refractivity contribution in [1.82, 2.24) is 0 Å². The molecule has 25 heavy (non-hydrogen) atoms. The predicted molar refractivity (Wildman–Crippen MR) is 89.8 cm³/mol. The Balaban J connectivity index is 2.46. The lowest BCUT2D eigenvalue weighted by molar-refractivity contribution is -0.254. The topological polar surface area (TPSA) is 0 Å². The van der Waals surface area contributed by atoms with Crippen LogP contribution in [0.15, 0.2) is 12.1 Å². The number of halogens is 8. The number of allylic oxidation sites excluding steroid dienone is 2. The van der Waals surface area contributed by atoms with Crippen molar-refractivity contribution < 1.29 is 26.3 Å². The third-order valence-corrected chi connectivity index (χ3v) is 6.34. The predicted octanol–water partition coefficient (Wildman–Crippen LogP) is 7.56. The van der Waals surface area contributed by atoms with Crippen molar-refractivity contribution in [2.75, 3.05) is 0 Å². The minimum absolute atomic E-state index is 0.0359. The highest BCUT2D eigenvalue weighted by Gasteiger charge is 2.80. The quantitative estimate of drug-likeness (QED) is 0.426. The molecule has 0 atom stereocenters. The monoisotopic (exact) mass is 436 g/mol. The number of hydrogen-bond acceptors (Lipinski definition) is 2. The molecule has 0 N–H and O–H groups in total. The van der Waals surface area contributed by atoms with Gasteiger partial charge in [0.1, 0.15) is 0 Å². The largest absolute Gasteiger partial charge is 0.380 e. The van der Waals surface area contributed by atoms with Gasteiger partial charge in [0.15, 0.2) is 0 Å². The molecule has 136 valence electrons. The molecule has 0 unspecified atom stereocenters. The average Bonchev–Trinajstić information content (AvgIpc) is 2.98. The zero-order valence-corrected chi connectivity index (χ0v) is 15.6. The van der Waals surface area contributed by atoms with Crippen molar-refractivity contribution in [3.8, 4) is 0 Å². The highest BCUT2D eigenvalue weighted by atomic mass is 35.5. The Labute approximate surface area is 156 Å². The van der Waals surface area contributed by atoms with Crippen molar-refractivity contribution in [2.45, 2.75) is 31.6 Å². The fourth-order valence-electron chi connectivity index (χ4n) is 2.82. The van der Waals surface area contributed by atoms with E-state index < -0.39 is 40.0 Å². The van der Waals surface area contributed by atoms with Gasteiger partial charge in [0.2, 0.25) is 0 Å². The van der Waals surface area contributed by atoms with Gasteiger partial charge in [-0.25, -0.2) is 0 Å². The van der Waals surface area contributed by atoms with E-state index in [-0.39, 0.29) is 18.4 Å². The molecule has 10 heteroatoms. The van der Waals surface area contributed by atoms with E-state index in [0.717, 1.165) is 34.8 Å². The number of hydrogen-bond donors (Lipinski definition) is 0. The first-order valence-corrected chi connectivity index (χ1v) is 9.12. The highest BCUT2D eigenvalue weighted by Crippen LogP contribution is 2.65. The van der Waals surface area contributed by atoms with Gasteiger partial charge < -0.3 is 0 Å². The molecule has 0 saturated heterocycles. The van der Waals surface area contributed by atoms with Crippen molar-refractivity contribution in [3.63, 3.8) is 0 Å². The van der Waals surface area contributed by atoms with Crippen LogP contribution in [-0.4, -0.2) is 17.8 Å². The van der Waals surface area contributed by atoms with Crippen LogP contribution in [0.5, 0.6) is 0 Å². The van der Waals surface area contributed by atoms with Crippen LogP contribution in [0.4, 0.5) is 26.3 Å². The number of thiophene rings is 2. The molecule has 0 bridgehead atoms. The molecule has 1 aliphatic rings. The summed E-state index contributed by atoms with van der Waals surface area (Å²) in [6.07, 6.45) is 0. The summed E-state index contributed by atoms with van der Waals surface area (Å²) in [4.78, 5) is 0.286. The number of aryl methyl sites for hydroxylation is 2. The molecule has 2 aromatic rings. The first kappa shape index (κ1) is 19.1. The van der Waals surface area contributed by atoms with Crippen LogP contribution in [0.3, 0.4) is 0 Å². The van der Waals surface area contributed by atoms with Crippen LogP contribution >= 0.6 is 45.9 Å². The van der Waals surface area contributed by atoms with E-state index >= 15 is 0 Å². The second-order valence-electron chi connectivity index (χ2n) is 5.51. The van der Waals surface area contributed by atoms with Gasteiger partial charge in [0.05, 0.1) is 8.67 Å². The third-order valence-electron chi connectivity index (χ3n) is 3.98. The standard InChI is InChI=1S/C15H8Cl2F6S2/c1-5-7(3-9(16)24-5)11-12(8-4-10(17)25-6(8)2)14(20,21)15(22,23)13(11,18)19/h3-4H,1-2H3. The van der Waals surface area contributed by atoms with Gasteiger partial charge in [-0.3, -0.25) is 0 Å². The molecule has 0 amide bonds. The lowest BCUT2D eigenvalue weighted by Gasteiger charge is -2.25. The molecule has 0 nitrogen and oxygen atoms in total. The first-order chi connectivity index (χ1) is 11.3. The van der Waals surface area contributed by atoms with Crippen LogP contribution in [0.1, 0.15) is 20.9 Å². The van der Waals surface area contributed by atoms with Gasteiger partial charge in [-0.05, 0) is 37.1 Å². The smallest absolute Gasteiger partial charge is 0.194 e. The van der Waals surface area contributed by atoms with E-state index in [4.69, 9.17) is 23.2 Å². The van der Waals surface area contributed by atoms with E-state index in [1.807, 2.05) is 0 Å². The van der Waals surface area contributed by atoms with Crippen LogP contribution in [0, 0.1) is 13.8 Å². The summed E-state index contributed by atoms with van der Waals surface area (Å²) in [5, 5.41) is 0. The lowest BCUT2D eigenvalue weighted by atomic mass is 9.96. The minimum Gasteiger partial charge on any atom is -0.194 e. The van der Waals surface area contributed by atoms with E-state index in [0.29, 0.717) is 0 Å². The van der Waals surface area contributed by atoms with Gasteiger partial charge in [0.25, 0.3) is 0 Å². The van der Waals surface area contributed by atoms with Gasteiger partial charge in [0, 0.05) is 20.9 Å².